The topological polar surface area (TPSA) is 49.3 Å². The first-order valence-corrected chi connectivity index (χ1v) is 7.55. The van der Waals surface area contributed by atoms with Crippen LogP contribution in [0.4, 0.5) is 0 Å². The molecule has 1 aliphatic rings. The predicted molar refractivity (Wildman–Crippen MR) is 85.5 cm³/mol. The number of amides is 1. The number of nitrogens with one attached hydrogen (secondary N) is 1. The van der Waals surface area contributed by atoms with Crippen molar-refractivity contribution in [3.05, 3.63) is 68.8 Å². The first-order chi connectivity index (χ1) is 9.65. The summed E-state index contributed by atoms with van der Waals surface area (Å²) in [5.74, 6) is -0.151. The van der Waals surface area contributed by atoms with E-state index in [2.05, 4.69) is 27.9 Å². The van der Waals surface area contributed by atoms with Gasteiger partial charge in [-0.15, -0.1) is 0 Å². The highest BCUT2D eigenvalue weighted by molar-refractivity contribution is 14.1. The summed E-state index contributed by atoms with van der Waals surface area (Å²) in [6.07, 6.45) is 0.0357. The third kappa shape index (κ3) is 2.58. The Bertz CT molecular complexity index is 639. The van der Waals surface area contributed by atoms with E-state index >= 15 is 0 Å². The number of hydrogen-bond acceptors (Lipinski definition) is 2. The molecule has 3 nitrogen and oxygen atoms in total. The number of hydrogen-bond donors (Lipinski definition) is 2. The molecule has 0 aliphatic heterocycles. The fourth-order valence-electron chi connectivity index (χ4n) is 2.57. The summed E-state index contributed by atoms with van der Waals surface area (Å²) in [6.45, 7) is 0. The average Bonchev–Trinajstić information content (AvgIpc) is 2.76. The highest BCUT2D eigenvalue weighted by Gasteiger charge is 2.31. The first-order valence-electron chi connectivity index (χ1n) is 6.47. The Labute approximate surface area is 131 Å². The van der Waals surface area contributed by atoms with E-state index in [1.165, 1.54) is 0 Å². The summed E-state index contributed by atoms with van der Waals surface area (Å²) in [6, 6.07) is 14.9. The van der Waals surface area contributed by atoms with Gasteiger partial charge in [-0.1, -0.05) is 24.3 Å². The van der Waals surface area contributed by atoms with Crippen molar-refractivity contribution < 1.29 is 9.90 Å². The standard InChI is InChI=1S/C16H14INO2/c17-12-7-5-10(6-8-12)16(20)18-15-13-4-2-1-3-11(13)9-14(15)19/h1-8,14-15,19H,9H2,(H,18,20). The van der Waals surface area contributed by atoms with Crippen LogP contribution in [0, 0.1) is 3.57 Å². The van der Waals surface area contributed by atoms with Crippen LogP contribution in [-0.2, 0) is 6.42 Å². The van der Waals surface area contributed by atoms with E-state index in [1.807, 2.05) is 36.4 Å². The number of halogens is 1. The highest BCUT2D eigenvalue weighted by Crippen LogP contribution is 2.31. The molecule has 2 atom stereocenters. The molecule has 0 fully saturated rings. The molecule has 3 rings (SSSR count). The Kier molecular flexibility index (Phi) is 3.76. The molecule has 0 saturated carbocycles. The zero-order chi connectivity index (χ0) is 14.1. The Morgan fingerprint density at radius 3 is 2.60 bits per heavy atom. The molecule has 1 amide bonds. The molecular formula is C16H14INO2. The van der Waals surface area contributed by atoms with Crippen molar-refractivity contribution in [1.82, 2.24) is 5.32 Å². The van der Waals surface area contributed by atoms with Crippen molar-refractivity contribution in [3.63, 3.8) is 0 Å². The van der Waals surface area contributed by atoms with Gasteiger partial charge in [-0.05, 0) is 58.0 Å². The van der Waals surface area contributed by atoms with Gasteiger partial charge in [-0.3, -0.25) is 4.79 Å². The molecule has 102 valence electrons. The fraction of sp³-hybridized carbons (Fsp3) is 0.188. The van der Waals surface area contributed by atoms with Crippen LogP contribution >= 0.6 is 22.6 Å². The van der Waals surface area contributed by atoms with Gasteiger partial charge in [0.25, 0.3) is 5.91 Å². The maximum absolute atomic E-state index is 12.2. The van der Waals surface area contributed by atoms with Crippen LogP contribution in [0.5, 0.6) is 0 Å². The van der Waals surface area contributed by atoms with Gasteiger partial charge in [0.15, 0.2) is 0 Å². The van der Waals surface area contributed by atoms with E-state index in [0.29, 0.717) is 12.0 Å². The summed E-state index contributed by atoms with van der Waals surface area (Å²) >= 11 is 2.20. The Morgan fingerprint density at radius 1 is 1.15 bits per heavy atom. The maximum atomic E-state index is 12.2. The molecule has 2 N–H and O–H groups in total. The number of rotatable bonds is 2. The molecule has 0 heterocycles. The van der Waals surface area contributed by atoms with Gasteiger partial charge in [-0.2, -0.15) is 0 Å². The number of aliphatic hydroxyl groups is 1. The molecule has 0 bridgehead atoms. The summed E-state index contributed by atoms with van der Waals surface area (Å²) in [7, 11) is 0. The van der Waals surface area contributed by atoms with Crippen LogP contribution in [0.3, 0.4) is 0 Å². The van der Waals surface area contributed by atoms with Gasteiger partial charge in [0.05, 0.1) is 12.1 Å². The van der Waals surface area contributed by atoms with Crippen LogP contribution < -0.4 is 5.32 Å². The largest absolute Gasteiger partial charge is 0.390 e. The fourth-order valence-corrected chi connectivity index (χ4v) is 2.93. The molecule has 2 unspecified atom stereocenters. The lowest BCUT2D eigenvalue weighted by Gasteiger charge is -2.18. The van der Waals surface area contributed by atoms with Crippen LogP contribution in [-0.4, -0.2) is 17.1 Å². The van der Waals surface area contributed by atoms with Gasteiger partial charge in [0.1, 0.15) is 0 Å². The third-order valence-corrected chi connectivity index (χ3v) is 4.32. The van der Waals surface area contributed by atoms with Crippen LogP contribution in [0.25, 0.3) is 0 Å². The number of aliphatic hydroxyl groups excluding tert-OH is 1. The van der Waals surface area contributed by atoms with Crippen molar-refractivity contribution in [2.75, 3.05) is 0 Å². The zero-order valence-electron chi connectivity index (χ0n) is 10.7. The zero-order valence-corrected chi connectivity index (χ0v) is 12.9. The maximum Gasteiger partial charge on any atom is 0.251 e. The van der Waals surface area contributed by atoms with Gasteiger partial charge in [-0.25, -0.2) is 0 Å². The highest BCUT2D eigenvalue weighted by atomic mass is 127. The van der Waals surface area contributed by atoms with Gasteiger partial charge >= 0.3 is 0 Å². The molecule has 1 aliphatic carbocycles. The van der Waals surface area contributed by atoms with Crippen LogP contribution in [0.15, 0.2) is 48.5 Å². The summed E-state index contributed by atoms with van der Waals surface area (Å²) in [4.78, 5) is 12.2. The normalized spacial score (nSPS) is 20.5. The van der Waals surface area contributed by atoms with Crippen molar-refractivity contribution in [2.24, 2.45) is 0 Å². The Balaban J connectivity index is 1.81. The molecule has 2 aromatic rings. The number of carbonyl (C=O) groups excluding carboxylic acids is 1. The molecule has 20 heavy (non-hydrogen) atoms. The lowest BCUT2D eigenvalue weighted by atomic mass is 10.1. The van der Waals surface area contributed by atoms with Crippen LogP contribution in [0.2, 0.25) is 0 Å². The van der Waals surface area contributed by atoms with Crippen LogP contribution in [0.1, 0.15) is 27.5 Å². The minimum atomic E-state index is -0.555. The van der Waals surface area contributed by atoms with Crippen molar-refractivity contribution >= 4 is 28.5 Å². The summed E-state index contributed by atoms with van der Waals surface area (Å²) in [5.41, 5.74) is 2.73. The molecule has 0 spiro atoms. The number of benzene rings is 2. The second kappa shape index (κ2) is 5.54. The quantitative estimate of drug-likeness (QED) is 0.789. The van der Waals surface area contributed by atoms with Crippen molar-refractivity contribution in [2.45, 2.75) is 18.6 Å². The first kappa shape index (κ1) is 13.6. The van der Waals surface area contributed by atoms with E-state index in [-0.39, 0.29) is 11.9 Å². The van der Waals surface area contributed by atoms with E-state index in [9.17, 15) is 9.90 Å². The molecule has 0 radical (unpaired) electrons. The van der Waals surface area contributed by atoms with Crippen molar-refractivity contribution in [3.8, 4) is 0 Å². The smallest absolute Gasteiger partial charge is 0.251 e. The Morgan fingerprint density at radius 2 is 1.85 bits per heavy atom. The molecule has 0 aromatic heterocycles. The minimum absolute atomic E-state index is 0.151. The molecule has 4 heteroatoms. The van der Waals surface area contributed by atoms with E-state index < -0.39 is 6.10 Å². The van der Waals surface area contributed by atoms with E-state index in [0.717, 1.165) is 14.7 Å². The molecule has 0 saturated heterocycles. The predicted octanol–water partition coefficient (Wildman–Crippen LogP) is 2.68. The summed E-state index contributed by atoms with van der Waals surface area (Å²) in [5, 5.41) is 13.1. The van der Waals surface area contributed by atoms with E-state index in [4.69, 9.17) is 0 Å². The lowest BCUT2D eigenvalue weighted by molar-refractivity contribution is 0.0858. The monoisotopic (exact) mass is 379 g/mol. The number of carbonyl (C=O) groups is 1. The third-order valence-electron chi connectivity index (χ3n) is 3.60. The second-order valence-corrected chi connectivity index (χ2v) is 6.17. The molecular weight excluding hydrogens is 365 g/mol. The molecule has 2 aromatic carbocycles. The van der Waals surface area contributed by atoms with Gasteiger partial charge < -0.3 is 10.4 Å². The summed E-state index contributed by atoms with van der Waals surface area (Å²) < 4.78 is 1.09. The Hall–Kier alpha value is -1.40. The second-order valence-electron chi connectivity index (χ2n) is 4.93. The van der Waals surface area contributed by atoms with Gasteiger partial charge in [0.2, 0.25) is 0 Å². The minimum Gasteiger partial charge on any atom is -0.390 e. The number of fused-ring (bicyclic) bond motifs is 1. The van der Waals surface area contributed by atoms with E-state index in [1.54, 1.807) is 12.1 Å². The SMILES string of the molecule is O=C(NC1c2ccccc2CC1O)c1ccc(I)cc1. The van der Waals surface area contributed by atoms with Crippen molar-refractivity contribution in [1.29, 1.82) is 0 Å². The average molecular weight is 379 g/mol. The lowest BCUT2D eigenvalue weighted by Crippen LogP contribution is -2.33. The van der Waals surface area contributed by atoms with Gasteiger partial charge in [0, 0.05) is 15.6 Å².